The second kappa shape index (κ2) is 6.04. The van der Waals surface area contributed by atoms with Gasteiger partial charge >= 0.3 is 5.97 Å². The zero-order valence-electron chi connectivity index (χ0n) is 13.6. The number of carbonyl (C=O) groups excluding carboxylic acids is 2. The monoisotopic (exact) mass is 316 g/mol. The molecule has 0 bridgehead atoms. The van der Waals surface area contributed by atoms with Crippen LogP contribution in [-0.2, 0) is 9.53 Å². The first-order valence-corrected chi connectivity index (χ1v) is 7.60. The lowest BCUT2D eigenvalue weighted by Crippen LogP contribution is -2.46. The average Bonchev–Trinajstić information content (AvgIpc) is 2.85. The van der Waals surface area contributed by atoms with Crippen molar-refractivity contribution in [3.8, 4) is 5.75 Å². The number of esters is 1. The number of hydrogen-bond donors (Lipinski definition) is 0. The largest absolute Gasteiger partial charge is 0.464 e. The Morgan fingerprint density at radius 2 is 1.91 bits per heavy atom. The van der Waals surface area contributed by atoms with E-state index in [2.05, 4.69) is 4.90 Å². The van der Waals surface area contributed by atoms with Crippen LogP contribution in [0.4, 0.5) is 0 Å². The van der Waals surface area contributed by atoms with Crippen molar-refractivity contribution in [3.05, 3.63) is 40.8 Å². The van der Waals surface area contributed by atoms with Gasteiger partial charge < -0.3 is 19.3 Å². The number of ether oxygens (including phenoxy) is 2. The van der Waals surface area contributed by atoms with E-state index in [1.807, 2.05) is 24.9 Å². The van der Waals surface area contributed by atoms with E-state index in [1.165, 1.54) is 7.11 Å². The highest BCUT2D eigenvalue weighted by Gasteiger charge is 2.36. The number of fused-ring (bicyclic) bond motifs is 1. The number of carbonyl (C=O) groups is 2. The normalized spacial score (nSPS) is 20.1. The van der Waals surface area contributed by atoms with Gasteiger partial charge in [0.15, 0.2) is 5.70 Å². The lowest BCUT2D eigenvalue weighted by Gasteiger charge is -2.34. The van der Waals surface area contributed by atoms with Crippen LogP contribution in [0.5, 0.6) is 5.75 Å². The minimum atomic E-state index is -0.539. The fourth-order valence-corrected chi connectivity index (χ4v) is 2.83. The van der Waals surface area contributed by atoms with Gasteiger partial charge in [0.2, 0.25) is 11.5 Å². The second-order valence-electron chi connectivity index (χ2n) is 5.89. The van der Waals surface area contributed by atoms with Crippen molar-refractivity contribution in [1.82, 2.24) is 9.80 Å². The Balaban J connectivity index is 2.01. The van der Waals surface area contributed by atoms with E-state index in [4.69, 9.17) is 9.47 Å². The van der Waals surface area contributed by atoms with Gasteiger partial charge in [0.1, 0.15) is 5.75 Å². The molecule has 2 aliphatic rings. The Labute approximate surface area is 135 Å². The molecule has 2 aliphatic heterocycles. The SMILES string of the molecule is COC(=O)C(=C1Oc2cc(C)ccc2C1=O)N1CCN(C)CC1. The summed E-state index contributed by atoms with van der Waals surface area (Å²) >= 11 is 0. The standard InChI is InChI=1S/C17H20N2O4/c1-11-4-5-12-13(10-11)23-16(15(12)20)14(17(21)22-3)19-8-6-18(2)7-9-19/h4-5,10H,6-9H2,1-3H3. The zero-order chi connectivity index (χ0) is 16.6. The number of hydrogen-bond acceptors (Lipinski definition) is 6. The quantitative estimate of drug-likeness (QED) is 0.604. The maximum Gasteiger partial charge on any atom is 0.358 e. The van der Waals surface area contributed by atoms with Crippen LogP contribution in [0.1, 0.15) is 15.9 Å². The molecular formula is C17H20N2O4. The first-order chi connectivity index (χ1) is 11.0. The van der Waals surface area contributed by atoms with E-state index in [9.17, 15) is 9.59 Å². The van der Waals surface area contributed by atoms with Gasteiger partial charge in [0.25, 0.3) is 0 Å². The highest BCUT2D eigenvalue weighted by Crippen LogP contribution is 2.34. The molecule has 1 fully saturated rings. The fourth-order valence-electron chi connectivity index (χ4n) is 2.83. The third kappa shape index (κ3) is 2.82. The van der Waals surface area contributed by atoms with Gasteiger partial charge in [-0.2, -0.15) is 0 Å². The van der Waals surface area contributed by atoms with Crippen LogP contribution in [0.2, 0.25) is 0 Å². The number of benzene rings is 1. The number of aryl methyl sites for hydroxylation is 1. The third-order valence-corrected chi connectivity index (χ3v) is 4.21. The van der Waals surface area contributed by atoms with E-state index in [0.29, 0.717) is 24.4 Å². The van der Waals surface area contributed by atoms with Gasteiger partial charge in [-0.25, -0.2) is 4.79 Å². The number of nitrogens with zero attached hydrogens (tertiary/aromatic N) is 2. The summed E-state index contributed by atoms with van der Waals surface area (Å²) in [4.78, 5) is 29.0. The molecule has 0 saturated carbocycles. The maximum absolute atomic E-state index is 12.6. The molecule has 1 saturated heterocycles. The molecule has 0 aliphatic carbocycles. The smallest absolute Gasteiger partial charge is 0.358 e. The molecular weight excluding hydrogens is 296 g/mol. The number of likely N-dealkylation sites (N-methyl/N-ethyl adjacent to an activating group) is 1. The summed E-state index contributed by atoms with van der Waals surface area (Å²) in [5, 5.41) is 0. The highest BCUT2D eigenvalue weighted by atomic mass is 16.5. The molecule has 3 rings (SSSR count). The summed E-state index contributed by atoms with van der Waals surface area (Å²) in [6, 6.07) is 5.40. The van der Waals surface area contributed by atoms with Gasteiger partial charge in [-0.05, 0) is 31.7 Å². The van der Waals surface area contributed by atoms with Crippen molar-refractivity contribution in [2.45, 2.75) is 6.92 Å². The summed E-state index contributed by atoms with van der Waals surface area (Å²) in [7, 11) is 3.34. The van der Waals surface area contributed by atoms with Gasteiger partial charge in [-0.3, -0.25) is 4.79 Å². The fraction of sp³-hybridized carbons (Fsp3) is 0.412. The van der Waals surface area contributed by atoms with Crippen LogP contribution in [0.3, 0.4) is 0 Å². The van der Waals surface area contributed by atoms with Crippen molar-refractivity contribution in [1.29, 1.82) is 0 Å². The maximum atomic E-state index is 12.6. The molecule has 0 spiro atoms. The lowest BCUT2D eigenvalue weighted by molar-refractivity contribution is -0.138. The predicted octanol–water partition coefficient (Wildman–Crippen LogP) is 1.20. The predicted molar refractivity (Wildman–Crippen MR) is 84.2 cm³/mol. The summed E-state index contributed by atoms with van der Waals surface area (Å²) in [6.45, 7) is 4.85. The number of rotatable bonds is 2. The van der Waals surface area contributed by atoms with Crippen molar-refractivity contribution < 1.29 is 19.1 Å². The minimum absolute atomic E-state index is 0.0713. The molecule has 1 aromatic rings. The zero-order valence-corrected chi connectivity index (χ0v) is 13.6. The van der Waals surface area contributed by atoms with Crippen LogP contribution in [0, 0.1) is 6.92 Å². The van der Waals surface area contributed by atoms with E-state index < -0.39 is 5.97 Å². The lowest BCUT2D eigenvalue weighted by atomic mass is 10.1. The topological polar surface area (TPSA) is 59.1 Å². The van der Waals surface area contributed by atoms with Crippen LogP contribution in [-0.4, -0.2) is 61.9 Å². The summed E-state index contributed by atoms with van der Waals surface area (Å²) in [6.07, 6.45) is 0. The molecule has 0 N–H and O–H groups in total. The van der Waals surface area contributed by atoms with E-state index in [-0.39, 0.29) is 17.2 Å². The third-order valence-electron chi connectivity index (χ3n) is 4.21. The summed E-state index contributed by atoms with van der Waals surface area (Å²) < 4.78 is 10.6. The Kier molecular flexibility index (Phi) is 4.09. The van der Waals surface area contributed by atoms with E-state index in [0.717, 1.165) is 18.7 Å². The minimum Gasteiger partial charge on any atom is -0.464 e. The van der Waals surface area contributed by atoms with Crippen molar-refractivity contribution in [3.63, 3.8) is 0 Å². The Hall–Kier alpha value is -2.34. The molecule has 122 valence electrons. The number of ketones is 1. The number of allylic oxidation sites excluding steroid dienone is 1. The van der Waals surface area contributed by atoms with Gasteiger partial charge in [0, 0.05) is 26.2 Å². The summed E-state index contributed by atoms with van der Waals surface area (Å²) in [5.74, 6) is -0.232. The van der Waals surface area contributed by atoms with Crippen molar-refractivity contribution >= 4 is 11.8 Å². The first-order valence-electron chi connectivity index (χ1n) is 7.60. The van der Waals surface area contributed by atoms with Crippen LogP contribution in [0.25, 0.3) is 0 Å². The van der Waals surface area contributed by atoms with Gasteiger partial charge in [-0.15, -0.1) is 0 Å². The first kappa shape index (κ1) is 15.6. The van der Waals surface area contributed by atoms with Crippen molar-refractivity contribution in [2.24, 2.45) is 0 Å². The molecule has 2 heterocycles. The summed E-state index contributed by atoms with van der Waals surface area (Å²) in [5.41, 5.74) is 1.71. The van der Waals surface area contributed by atoms with Gasteiger partial charge in [0.05, 0.1) is 12.7 Å². The Bertz CT molecular complexity index is 688. The van der Waals surface area contributed by atoms with Crippen LogP contribution < -0.4 is 4.74 Å². The molecule has 1 aromatic carbocycles. The second-order valence-corrected chi connectivity index (χ2v) is 5.89. The number of methoxy groups -OCH3 is 1. The van der Waals surface area contributed by atoms with E-state index in [1.54, 1.807) is 12.1 Å². The van der Waals surface area contributed by atoms with Crippen molar-refractivity contribution in [2.75, 3.05) is 40.3 Å². The number of piperazine rings is 1. The molecule has 0 atom stereocenters. The van der Waals surface area contributed by atoms with Gasteiger partial charge in [-0.1, -0.05) is 6.07 Å². The molecule has 0 unspecified atom stereocenters. The molecule has 0 amide bonds. The van der Waals surface area contributed by atoms with Crippen LogP contribution in [0.15, 0.2) is 29.7 Å². The Morgan fingerprint density at radius 1 is 1.22 bits per heavy atom. The molecule has 6 heteroatoms. The molecule has 23 heavy (non-hydrogen) atoms. The molecule has 6 nitrogen and oxygen atoms in total. The van der Waals surface area contributed by atoms with Crippen LogP contribution >= 0.6 is 0 Å². The Morgan fingerprint density at radius 3 is 2.57 bits per heavy atom. The highest BCUT2D eigenvalue weighted by molar-refractivity contribution is 6.15. The molecule has 0 radical (unpaired) electrons. The van der Waals surface area contributed by atoms with E-state index >= 15 is 0 Å². The average molecular weight is 316 g/mol. The molecule has 0 aromatic heterocycles. The number of Topliss-reactive ketones (excluding diaryl/α,β-unsaturated/α-hetero) is 1.